The minimum atomic E-state index is -0.245. The number of carbonyl (C=O) groups excluding carboxylic acids is 1. The van der Waals surface area contributed by atoms with E-state index in [-0.39, 0.29) is 11.7 Å². The Hall–Kier alpha value is -0.870. The predicted molar refractivity (Wildman–Crippen MR) is 80.5 cm³/mol. The average molecular weight is 290 g/mol. The molecule has 1 spiro atoms. The molecule has 3 atom stereocenters. The van der Waals surface area contributed by atoms with Gasteiger partial charge in [-0.25, -0.2) is 0 Å². The molecule has 0 bridgehead atoms. The summed E-state index contributed by atoms with van der Waals surface area (Å²) in [7, 11) is 0. The van der Waals surface area contributed by atoms with Gasteiger partial charge >= 0.3 is 0 Å². The summed E-state index contributed by atoms with van der Waals surface area (Å²) in [6.45, 7) is 4.40. The first kappa shape index (κ1) is 12.8. The van der Waals surface area contributed by atoms with E-state index < -0.39 is 0 Å². The Labute approximate surface area is 124 Å². The van der Waals surface area contributed by atoms with Crippen molar-refractivity contribution in [3.05, 3.63) is 21.9 Å². The lowest BCUT2D eigenvalue weighted by molar-refractivity contribution is -0.133. The van der Waals surface area contributed by atoms with Gasteiger partial charge in [0, 0.05) is 15.8 Å². The zero-order chi connectivity index (χ0) is 13.9. The number of nitrogens with zero attached hydrogens (tertiary/aromatic N) is 1. The molecule has 1 aromatic heterocycles. The summed E-state index contributed by atoms with van der Waals surface area (Å²) in [5.74, 6) is 1.04. The molecule has 2 saturated carbocycles. The lowest BCUT2D eigenvalue weighted by Crippen LogP contribution is -2.44. The van der Waals surface area contributed by atoms with Crippen molar-refractivity contribution in [3.63, 3.8) is 0 Å². The van der Waals surface area contributed by atoms with E-state index in [1.54, 1.807) is 0 Å². The van der Waals surface area contributed by atoms with Crippen LogP contribution in [0.5, 0.6) is 0 Å². The molecule has 2 heterocycles. The number of aryl methyl sites for hydroxylation is 1. The Bertz CT molecular complexity index is 546. The van der Waals surface area contributed by atoms with E-state index in [9.17, 15) is 4.79 Å². The largest absolute Gasteiger partial charge is 0.317 e. The van der Waals surface area contributed by atoms with Gasteiger partial charge in [0.2, 0.25) is 5.91 Å². The molecule has 1 aromatic rings. The average Bonchev–Trinajstić information content (AvgIpc) is 2.86. The molecule has 3 aliphatic rings. The highest BCUT2D eigenvalue weighted by molar-refractivity contribution is 7.12. The number of hydrogen-bond acceptors (Lipinski definition) is 3. The molecular weight excluding hydrogens is 268 g/mol. The SMILES string of the molecule is Cc1ccc(C2NC3(CCCC3)C(=O)N2C2CC2C)s1. The molecule has 4 rings (SSSR count). The maximum Gasteiger partial charge on any atom is 0.244 e. The second-order valence-electron chi connectivity index (χ2n) is 6.78. The molecule has 3 nitrogen and oxygen atoms in total. The van der Waals surface area contributed by atoms with Crippen LogP contribution in [0, 0.1) is 12.8 Å². The third kappa shape index (κ3) is 1.77. The van der Waals surface area contributed by atoms with Crippen LogP contribution < -0.4 is 5.32 Å². The van der Waals surface area contributed by atoms with Crippen LogP contribution in [0.15, 0.2) is 12.1 Å². The van der Waals surface area contributed by atoms with Crippen molar-refractivity contribution >= 4 is 17.2 Å². The highest BCUT2D eigenvalue weighted by atomic mass is 32.1. The van der Waals surface area contributed by atoms with Gasteiger partial charge in [0.1, 0.15) is 6.17 Å². The molecule has 0 radical (unpaired) electrons. The van der Waals surface area contributed by atoms with Crippen molar-refractivity contribution in [1.82, 2.24) is 10.2 Å². The Balaban J connectivity index is 1.70. The molecule has 1 aliphatic heterocycles. The first-order valence-electron chi connectivity index (χ1n) is 7.77. The van der Waals surface area contributed by atoms with Gasteiger partial charge in [-0.15, -0.1) is 11.3 Å². The molecule has 1 amide bonds. The van der Waals surface area contributed by atoms with Crippen molar-refractivity contribution in [3.8, 4) is 0 Å². The number of amides is 1. The zero-order valence-electron chi connectivity index (χ0n) is 12.2. The van der Waals surface area contributed by atoms with E-state index >= 15 is 0 Å². The van der Waals surface area contributed by atoms with Gasteiger partial charge < -0.3 is 4.90 Å². The third-order valence-electron chi connectivity index (χ3n) is 5.25. The molecule has 0 aromatic carbocycles. The number of thiophene rings is 1. The Kier molecular flexibility index (Phi) is 2.77. The molecule has 3 fully saturated rings. The summed E-state index contributed by atoms with van der Waals surface area (Å²) < 4.78 is 0. The fourth-order valence-corrected chi connectivity index (χ4v) is 4.86. The molecule has 4 heteroatoms. The standard InChI is InChI=1S/C16H22N2OS/c1-10-9-12(10)18-14(13-6-5-11(2)20-13)17-16(15(18)19)7-3-4-8-16/h5-6,10,12,14,17H,3-4,7-9H2,1-2H3. The minimum absolute atomic E-state index is 0.120. The second kappa shape index (κ2) is 4.31. The summed E-state index contributed by atoms with van der Waals surface area (Å²) in [6.07, 6.45) is 5.69. The first-order valence-corrected chi connectivity index (χ1v) is 8.59. The highest BCUT2D eigenvalue weighted by Crippen LogP contribution is 2.48. The van der Waals surface area contributed by atoms with E-state index in [0.717, 1.165) is 12.8 Å². The topological polar surface area (TPSA) is 32.3 Å². The Morgan fingerprint density at radius 3 is 2.60 bits per heavy atom. The maximum absolute atomic E-state index is 13.0. The van der Waals surface area contributed by atoms with E-state index in [1.807, 2.05) is 11.3 Å². The van der Waals surface area contributed by atoms with Crippen LogP contribution in [0.4, 0.5) is 0 Å². The van der Waals surface area contributed by atoms with Crippen molar-refractivity contribution in [2.24, 2.45) is 5.92 Å². The van der Waals surface area contributed by atoms with Gasteiger partial charge in [-0.2, -0.15) is 0 Å². The van der Waals surface area contributed by atoms with Crippen LogP contribution in [0.1, 0.15) is 54.9 Å². The van der Waals surface area contributed by atoms with Crippen LogP contribution in [-0.4, -0.2) is 22.4 Å². The number of hydrogen-bond donors (Lipinski definition) is 1. The van der Waals surface area contributed by atoms with Crippen molar-refractivity contribution in [2.45, 2.75) is 63.7 Å². The van der Waals surface area contributed by atoms with Crippen molar-refractivity contribution in [1.29, 1.82) is 0 Å². The van der Waals surface area contributed by atoms with E-state index in [1.165, 1.54) is 29.0 Å². The van der Waals surface area contributed by atoms with Crippen LogP contribution in [-0.2, 0) is 4.79 Å². The number of rotatable bonds is 2. The Morgan fingerprint density at radius 1 is 1.35 bits per heavy atom. The van der Waals surface area contributed by atoms with Gasteiger partial charge in [0.15, 0.2) is 0 Å². The quantitative estimate of drug-likeness (QED) is 0.907. The smallest absolute Gasteiger partial charge is 0.244 e. The van der Waals surface area contributed by atoms with Crippen LogP contribution in [0.2, 0.25) is 0 Å². The van der Waals surface area contributed by atoms with E-state index in [2.05, 4.69) is 36.2 Å². The molecule has 108 valence electrons. The van der Waals surface area contributed by atoms with Gasteiger partial charge in [-0.05, 0) is 44.2 Å². The summed E-state index contributed by atoms with van der Waals surface area (Å²) in [5, 5.41) is 3.72. The normalized spacial score (nSPS) is 35.2. The van der Waals surface area contributed by atoms with Crippen LogP contribution in [0.25, 0.3) is 0 Å². The summed E-state index contributed by atoms with van der Waals surface area (Å²) >= 11 is 1.82. The molecule has 1 N–H and O–H groups in total. The fourth-order valence-electron chi connectivity index (χ4n) is 3.93. The zero-order valence-corrected chi connectivity index (χ0v) is 13.0. The predicted octanol–water partition coefficient (Wildman–Crippen LogP) is 3.21. The number of carbonyl (C=O) groups is 1. The molecule has 1 saturated heterocycles. The van der Waals surface area contributed by atoms with Gasteiger partial charge in [-0.1, -0.05) is 19.8 Å². The highest BCUT2D eigenvalue weighted by Gasteiger charge is 2.58. The van der Waals surface area contributed by atoms with Gasteiger partial charge in [0.05, 0.1) is 5.54 Å². The molecular formula is C16H22N2OS. The minimum Gasteiger partial charge on any atom is -0.317 e. The van der Waals surface area contributed by atoms with Gasteiger partial charge in [-0.3, -0.25) is 10.1 Å². The van der Waals surface area contributed by atoms with E-state index in [4.69, 9.17) is 0 Å². The maximum atomic E-state index is 13.0. The second-order valence-corrected chi connectivity index (χ2v) is 8.10. The van der Waals surface area contributed by atoms with Gasteiger partial charge in [0.25, 0.3) is 0 Å². The summed E-state index contributed by atoms with van der Waals surface area (Å²) in [4.78, 5) is 17.8. The number of nitrogens with one attached hydrogen (secondary N) is 1. The van der Waals surface area contributed by atoms with Crippen LogP contribution in [0.3, 0.4) is 0 Å². The fraction of sp³-hybridized carbons (Fsp3) is 0.688. The first-order chi connectivity index (χ1) is 9.61. The summed E-state index contributed by atoms with van der Waals surface area (Å²) in [6, 6.07) is 4.82. The van der Waals surface area contributed by atoms with Crippen molar-refractivity contribution in [2.75, 3.05) is 0 Å². The third-order valence-corrected chi connectivity index (χ3v) is 6.30. The Morgan fingerprint density at radius 2 is 2.05 bits per heavy atom. The van der Waals surface area contributed by atoms with E-state index in [0.29, 0.717) is 17.9 Å². The monoisotopic (exact) mass is 290 g/mol. The van der Waals surface area contributed by atoms with Crippen LogP contribution >= 0.6 is 11.3 Å². The molecule has 2 aliphatic carbocycles. The lowest BCUT2D eigenvalue weighted by atomic mass is 9.98. The summed E-state index contributed by atoms with van der Waals surface area (Å²) in [5.41, 5.74) is -0.245. The lowest BCUT2D eigenvalue weighted by Gasteiger charge is -2.23. The van der Waals surface area contributed by atoms with Crippen molar-refractivity contribution < 1.29 is 4.79 Å². The molecule has 20 heavy (non-hydrogen) atoms. The molecule has 3 unspecified atom stereocenters.